The summed E-state index contributed by atoms with van der Waals surface area (Å²) in [6.07, 6.45) is 9.00. The maximum absolute atomic E-state index is 6.11. The molecule has 0 amide bonds. The molecule has 0 radical (unpaired) electrons. The van der Waals surface area contributed by atoms with E-state index in [2.05, 4.69) is 46.3 Å². The van der Waals surface area contributed by atoms with Crippen molar-refractivity contribution in [2.75, 3.05) is 5.88 Å². The summed E-state index contributed by atoms with van der Waals surface area (Å²) < 4.78 is 1.13. The fourth-order valence-corrected chi connectivity index (χ4v) is 3.26. The Morgan fingerprint density at radius 1 is 1.29 bits per heavy atom. The predicted molar refractivity (Wildman–Crippen MR) is 79.4 cm³/mol. The Hall–Kier alpha value is -0.270. The minimum Gasteiger partial charge on any atom is -0.122 e. The quantitative estimate of drug-likeness (QED) is 0.632. The van der Waals surface area contributed by atoms with E-state index in [-0.39, 0.29) is 0 Å². The van der Waals surface area contributed by atoms with Crippen LogP contribution in [0.5, 0.6) is 0 Å². The van der Waals surface area contributed by atoms with Gasteiger partial charge in [0.25, 0.3) is 0 Å². The fraction of sp³-hybridized carbons (Fsp3) is 0.467. The number of allylic oxidation sites excluding steroid dienone is 1. The highest BCUT2D eigenvalue weighted by atomic mass is 79.9. The molecule has 0 aliphatic heterocycles. The van der Waals surface area contributed by atoms with Gasteiger partial charge in [0.2, 0.25) is 0 Å². The second kappa shape index (κ2) is 6.61. The largest absolute Gasteiger partial charge is 0.122 e. The van der Waals surface area contributed by atoms with Gasteiger partial charge in [-0.2, -0.15) is 0 Å². The summed E-state index contributed by atoms with van der Waals surface area (Å²) in [5, 5.41) is 0. The van der Waals surface area contributed by atoms with Gasteiger partial charge in [-0.1, -0.05) is 59.0 Å². The molecule has 17 heavy (non-hydrogen) atoms. The number of rotatable bonds is 3. The molecule has 0 bridgehead atoms. The monoisotopic (exact) mass is 312 g/mol. The van der Waals surface area contributed by atoms with Crippen molar-refractivity contribution in [1.82, 2.24) is 0 Å². The van der Waals surface area contributed by atoms with Crippen LogP contribution in [0, 0.1) is 5.92 Å². The summed E-state index contributed by atoms with van der Waals surface area (Å²) in [5.74, 6) is 1.37. The van der Waals surface area contributed by atoms with Gasteiger partial charge in [0.15, 0.2) is 0 Å². The second-order valence-electron chi connectivity index (χ2n) is 4.74. The Kier molecular flexibility index (Phi) is 5.12. The van der Waals surface area contributed by atoms with E-state index in [4.69, 9.17) is 11.6 Å². The molecule has 1 aromatic carbocycles. The molecule has 2 rings (SSSR count). The zero-order chi connectivity index (χ0) is 12.1. The third kappa shape index (κ3) is 3.86. The van der Waals surface area contributed by atoms with Gasteiger partial charge < -0.3 is 0 Å². The Labute approximate surface area is 117 Å². The smallest absolute Gasteiger partial charge is 0.0439 e. The lowest BCUT2D eigenvalue weighted by Crippen LogP contribution is -2.10. The van der Waals surface area contributed by atoms with Gasteiger partial charge in [-0.15, -0.1) is 11.6 Å². The molecule has 1 aliphatic carbocycles. The standard InChI is InChI=1S/C15H18BrCl/c16-15-8-4-5-12(10-15)9-14(11-17)13-6-2-1-3-7-13/h4-5,8-10,13H,1-3,6-7,11H2. The van der Waals surface area contributed by atoms with E-state index in [0.29, 0.717) is 11.8 Å². The van der Waals surface area contributed by atoms with Crippen molar-refractivity contribution in [3.63, 3.8) is 0 Å². The van der Waals surface area contributed by atoms with Crippen LogP contribution in [0.15, 0.2) is 34.3 Å². The van der Waals surface area contributed by atoms with Gasteiger partial charge in [0.1, 0.15) is 0 Å². The Bertz CT molecular complexity index is 392. The molecule has 0 spiro atoms. The van der Waals surface area contributed by atoms with Crippen LogP contribution in [0.1, 0.15) is 37.7 Å². The maximum Gasteiger partial charge on any atom is 0.0439 e. The van der Waals surface area contributed by atoms with Crippen LogP contribution in [0.3, 0.4) is 0 Å². The van der Waals surface area contributed by atoms with Gasteiger partial charge >= 0.3 is 0 Å². The van der Waals surface area contributed by atoms with Crippen molar-refractivity contribution < 1.29 is 0 Å². The van der Waals surface area contributed by atoms with Gasteiger partial charge in [0.05, 0.1) is 0 Å². The topological polar surface area (TPSA) is 0 Å². The molecular weight excluding hydrogens is 296 g/mol. The lowest BCUT2D eigenvalue weighted by molar-refractivity contribution is 0.405. The van der Waals surface area contributed by atoms with E-state index in [0.717, 1.165) is 4.47 Å². The molecule has 2 heteroatoms. The first kappa shape index (κ1) is 13.2. The highest BCUT2D eigenvalue weighted by Gasteiger charge is 2.16. The van der Waals surface area contributed by atoms with Gasteiger partial charge in [-0.05, 0) is 36.5 Å². The van der Waals surface area contributed by atoms with Crippen molar-refractivity contribution in [3.8, 4) is 0 Å². The van der Waals surface area contributed by atoms with Gasteiger partial charge in [0, 0.05) is 10.4 Å². The Morgan fingerprint density at radius 2 is 2.06 bits per heavy atom. The average Bonchev–Trinajstić information content (AvgIpc) is 2.37. The summed E-state index contributed by atoms with van der Waals surface area (Å²) in [5.41, 5.74) is 2.66. The second-order valence-corrected chi connectivity index (χ2v) is 5.93. The lowest BCUT2D eigenvalue weighted by atomic mass is 9.84. The summed E-state index contributed by atoms with van der Waals surface area (Å²) in [7, 11) is 0. The van der Waals surface area contributed by atoms with Crippen LogP contribution in [-0.4, -0.2) is 5.88 Å². The third-order valence-corrected chi connectivity index (χ3v) is 4.29. The maximum atomic E-state index is 6.11. The summed E-state index contributed by atoms with van der Waals surface area (Å²) in [4.78, 5) is 0. The van der Waals surface area contributed by atoms with Crippen molar-refractivity contribution >= 4 is 33.6 Å². The van der Waals surface area contributed by atoms with Gasteiger partial charge in [-0.25, -0.2) is 0 Å². The van der Waals surface area contributed by atoms with E-state index in [1.165, 1.54) is 43.2 Å². The van der Waals surface area contributed by atoms with E-state index in [9.17, 15) is 0 Å². The lowest BCUT2D eigenvalue weighted by Gasteiger charge is -2.23. The van der Waals surface area contributed by atoms with Crippen molar-refractivity contribution in [3.05, 3.63) is 39.9 Å². The van der Waals surface area contributed by atoms with Crippen molar-refractivity contribution in [2.24, 2.45) is 5.92 Å². The first-order chi connectivity index (χ1) is 8.29. The van der Waals surface area contributed by atoms with E-state index in [1.54, 1.807) is 0 Å². The number of alkyl halides is 1. The normalized spacial score (nSPS) is 18.4. The molecule has 0 N–H and O–H groups in total. The molecule has 1 saturated carbocycles. The highest BCUT2D eigenvalue weighted by Crippen LogP contribution is 2.31. The van der Waals surface area contributed by atoms with Crippen LogP contribution in [0.2, 0.25) is 0 Å². The molecular formula is C15H18BrCl. The molecule has 0 saturated heterocycles. The van der Waals surface area contributed by atoms with Crippen LogP contribution < -0.4 is 0 Å². The third-order valence-electron chi connectivity index (χ3n) is 3.48. The molecule has 1 fully saturated rings. The van der Waals surface area contributed by atoms with E-state index >= 15 is 0 Å². The molecule has 1 aromatic rings. The number of benzene rings is 1. The number of hydrogen-bond donors (Lipinski definition) is 0. The SMILES string of the molecule is ClCC(=Cc1cccc(Br)c1)C1CCCCC1. The Balaban J connectivity index is 2.16. The molecule has 1 aliphatic rings. The molecule has 0 heterocycles. The molecule has 0 atom stereocenters. The molecule has 92 valence electrons. The first-order valence-electron chi connectivity index (χ1n) is 6.31. The zero-order valence-corrected chi connectivity index (χ0v) is 12.3. The van der Waals surface area contributed by atoms with Crippen LogP contribution >= 0.6 is 27.5 Å². The minimum absolute atomic E-state index is 0.664. The van der Waals surface area contributed by atoms with E-state index in [1.807, 2.05) is 0 Å². The number of hydrogen-bond acceptors (Lipinski definition) is 0. The summed E-state index contributed by atoms with van der Waals surface area (Å²) >= 11 is 9.62. The van der Waals surface area contributed by atoms with Crippen LogP contribution in [0.4, 0.5) is 0 Å². The molecule has 0 aromatic heterocycles. The average molecular weight is 314 g/mol. The molecule has 0 unspecified atom stereocenters. The minimum atomic E-state index is 0.664. The van der Waals surface area contributed by atoms with E-state index < -0.39 is 0 Å². The number of halogens is 2. The summed E-state index contributed by atoms with van der Waals surface area (Å²) in [6.45, 7) is 0. The predicted octanol–water partition coefficient (Wildman–Crippen LogP) is 5.65. The zero-order valence-electron chi connectivity index (χ0n) is 9.96. The van der Waals surface area contributed by atoms with Crippen LogP contribution in [0.25, 0.3) is 6.08 Å². The van der Waals surface area contributed by atoms with Crippen LogP contribution in [-0.2, 0) is 0 Å². The fourth-order valence-electron chi connectivity index (χ4n) is 2.55. The summed E-state index contributed by atoms with van der Waals surface area (Å²) in [6, 6.07) is 8.41. The first-order valence-corrected chi connectivity index (χ1v) is 7.64. The Morgan fingerprint density at radius 3 is 2.71 bits per heavy atom. The van der Waals surface area contributed by atoms with Crippen molar-refractivity contribution in [2.45, 2.75) is 32.1 Å². The van der Waals surface area contributed by atoms with Crippen molar-refractivity contribution in [1.29, 1.82) is 0 Å². The molecule has 0 nitrogen and oxygen atoms in total. The van der Waals surface area contributed by atoms with Gasteiger partial charge in [-0.3, -0.25) is 0 Å². The highest BCUT2D eigenvalue weighted by molar-refractivity contribution is 9.10.